The molecule has 2 fully saturated rings. The van der Waals surface area contributed by atoms with Crippen LogP contribution >= 0.6 is 0 Å². The Morgan fingerprint density at radius 3 is 2.67 bits per heavy atom. The van der Waals surface area contributed by atoms with E-state index in [1.165, 1.54) is 0 Å². The summed E-state index contributed by atoms with van der Waals surface area (Å²) in [6, 6.07) is 0.532. The molecule has 2 aliphatic rings. The summed E-state index contributed by atoms with van der Waals surface area (Å²) < 4.78 is 5.07. The van der Waals surface area contributed by atoms with Crippen molar-refractivity contribution in [2.45, 2.75) is 25.0 Å². The highest BCUT2D eigenvalue weighted by molar-refractivity contribution is 5.75. The maximum atomic E-state index is 11.3. The van der Waals surface area contributed by atoms with Crippen molar-refractivity contribution >= 4 is 6.03 Å². The van der Waals surface area contributed by atoms with E-state index in [9.17, 15) is 4.79 Å². The first-order valence-corrected chi connectivity index (χ1v) is 4.38. The number of hydrogen-bond acceptors (Lipinski definition) is 2. The number of hydrogen-bond donors (Lipinski definition) is 1. The number of carbonyl (C=O) groups is 1. The Labute approximate surface area is 71.9 Å². The highest BCUT2D eigenvalue weighted by Gasteiger charge is 2.33. The fourth-order valence-electron chi connectivity index (χ4n) is 1.25. The number of likely N-dealkylation sites (tertiary alicyclic amines) is 1. The Morgan fingerprint density at radius 2 is 2.17 bits per heavy atom. The van der Waals surface area contributed by atoms with Crippen molar-refractivity contribution in [3.63, 3.8) is 0 Å². The number of urea groups is 1. The Hall–Kier alpha value is -0.770. The molecule has 1 saturated carbocycles. The fourth-order valence-corrected chi connectivity index (χ4v) is 1.25. The first kappa shape index (κ1) is 7.86. The van der Waals surface area contributed by atoms with Gasteiger partial charge in [0.05, 0.1) is 19.2 Å². The molecule has 0 aromatic rings. The molecule has 4 heteroatoms. The van der Waals surface area contributed by atoms with E-state index >= 15 is 0 Å². The summed E-state index contributed by atoms with van der Waals surface area (Å²) in [5.74, 6) is 0. The average molecular weight is 170 g/mol. The minimum Gasteiger partial charge on any atom is -0.378 e. The van der Waals surface area contributed by atoms with E-state index in [1.54, 1.807) is 12.0 Å². The van der Waals surface area contributed by atoms with Crippen molar-refractivity contribution in [1.82, 2.24) is 10.2 Å². The van der Waals surface area contributed by atoms with Gasteiger partial charge in [-0.25, -0.2) is 4.79 Å². The molecule has 0 radical (unpaired) electrons. The van der Waals surface area contributed by atoms with E-state index in [1.807, 2.05) is 0 Å². The van der Waals surface area contributed by atoms with Crippen LogP contribution in [0.15, 0.2) is 0 Å². The third kappa shape index (κ3) is 1.53. The summed E-state index contributed by atoms with van der Waals surface area (Å²) in [5.41, 5.74) is 0. The van der Waals surface area contributed by atoms with Crippen molar-refractivity contribution in [2.24, 2.45) is 0 Å². The van der Waals surface area contributed by atoms with Crippen LogP contribution in [0.1, 0.15) is 12.8 Å². The second kappa shape index (κ2) is 2.94. The molecule has 0 aromatic heterocycles. The number of methoxy groups -OCH3 is 1. The standard InChI is InChI=1S/C8H14N2O2/c1-12-7-4-10(5-7)8(11)9-6-2-3-6/h6-7H,2-5H2,1H3,(H,9,11). The van der Waals surface area contributed by atoms with Crippen LogP contribution in [0.4, 0.5) is 4.79 Å². The molecule has 0 unspecified atom stereocenters. The molecule has 0 aromatic carbocycles. The summed E-state index contributed by atoms with van der Waals surface area (Å²) in [4.78, 5) is 13.1. The topological polar surface area (TPSA) is 41.6 Å². The van der Waals surface area contributed by atoms with Crippen molar-refractivity contribution in [2.75, 3.05) is 20.2 Å². The lowest BCUT2D eigenvalue weighted by Crippen LogP contribution is -2.57. The molecule has 4 nitrogen and oxygen atoms in total. The highest BCUT2D eigenvalue weighted by atomic mass is 16.5. The quantitative estimate of drug-likeness (QED) is 0.642. The fraction of sp³-hybridized carbons (Fsp3) is 0.875. The summed E-state index contributed by atoms with van der Waals surface area (Å²) in [5, 5.41) is 2.93. The molecule has 0 atom stereocenters. The Morgan fingerprint density at radius 1 is 1.50 bits per heavy atom. The Bertz CT molecular complexity index is 185. The van der Waals surface area contributed by atoms with Gasteiger partial charge in [-0.1, -0.05) is 0 Å². The van der Waals surface area contributed by atoms with Gasteiger partial charge < -0.3 is 15.0 Å². The van der Waals surface area contributed by atoms with E-state index in [-0.39, 0.29) is 12.1 Å². The molecular weight excluding hydrogens is 156 g/mol. The van der Waals surface area contributed by atoms with Gasteiger partial charge >= 0.3 is 6.03 Å². The zero-order valence-electron chi connectivity index (χ0n) is 7.25. The van der Waals surface area contributed by atoms with Crippen LogP contribution < -0.4 is 5.32 Å². The highest BCUT2D eigenvalue weighted by Crippen LogP contribution is 2.20. The predicted octanol–water partition coefficient (Wildman–Crippen LogP) is 0.189. The Balaban J connectivity index is 1.68. The molecular formula is C8H14N2O2. The van der Waals surface area contributed by atoms with Crippen molar-refractivity contribution < 1.29 is 9.53 Å². The van der Waals surface area contributed by atoms with Crippen LogP contribution in [0, 0.1) is 0 Å². The van der Waals surface area contributed by atoms with Crippen molar-refractivity contribution in [1.29, 1.82) is 0 Å². The summed E-state index contributed by atoms with van der Waals surface area (Å²) in [7, 11) is 1.68. The van der Waals surface area contributed by atoms with Gasteiger partial charge in [0.25, 0.3) is 0 Å². The van der Waals surface area contributed by atoms with E-state index in [0.717, 1.165) is 25.9 Å². The molecule has 2 rings (SSSR count). The van der Waals surface area contributed by atoms with Crippen LogP contribution in [-0.2, 0) is 4.74 Å². The molecule has 1 heterocycles. The molecule has 12 heavy (non-hydrogen) atoms. The van der Waals surface area contributed by atoms with Crippen molar-refractivity contribution in [3.05, 3.63) is 0 Å². The minimum atomic E-state index is 0.0748. The van der Waals surface area contributed by atoms with Gasteiger partial charge in [-0.05, 0) is 12.8 Å². The lowest BCUT2D eigenvalue weighted by Gasteiger charge is -2.37. The number of carbonyl (C=O) groups excluding carboxylic acids is 1. The first-order chi connectivity index (χ1) is 5.79. The number of nitrogens with zero attached hydrogens (tertiary/aromatic N) is 1. The zero-order valence-corrected chi connectivity index (χ0v) is 7.25. The van der Waals surface area contributed by atoms with Crippen LogP contribution in [0.3, 0.4) is 0 Å². The lowest BCUT2D eigenvalue weighted by atomic mass is 10.2. The monoisotopic (exact) mass is 170 g/mol. The SMILES string of the molecule is COC1CN(C(=O)NC2CC2)C1. The first-order valence-electron chi connectivity index (χ1n) is 4.38. The van der Waals surface area contributed by atoms with E-state index in [4.69, 9.17) is 4.74 Å². The number of rotatable bonds is 2. The van der Waals surface area contributed by atoms with E-state index in [0.29, 0.717) is 6.04 Å². The van der Waals surface area contributed by atoms with Gasteiger partial charge in [0.15, 0.2) is 0 Å². The smallest absolute Gasteiger partial charge is 0.317 e. The maximum Gasteiger partial charge on any atom is 0.317 e. The summed E-state index contributed by atoms with van der Waals surface area (Å²) in [6.07, 6.45) is 2.55. The van der Waals surface area contributed by atoms with E-state index < -0.39 is 0 Å². The van der Waals surface area contributed by atoms with Gasteiger partial charge in [-0.3, -0.25) is 0 Å². The second-order valence-corrected chi connectivity index (χ2v) is 3.49. The molecule has 1 aliphatic carbocycles. The zero-order chi connectivity index (χ0) is 8.55. The summed E-state index contributed by atoms with van der Waals surface area (Å²) >= 11 is 0. The van der Waals surface area contributed by atoms with Gasteiger partial charge in [-0.15, -0.1) is 0 Å². The number of ether oxygens (including phenoxy) is 1. The van der Waals surface area contributed by atoms with Crippen LogP contribution in [0.5, 0.6) is 0 Å². The van der Waals surface area contributed by atoms with Crippen LogP contribution in [0.2, 0.25) is 0 Å². The molecule has 1 aliphatic heterocycles. The molecule has 2 amide bonds. The molecule has 1 N–H and O–H groups in total. The molecule has 68 valence electrons. The normalized spacial score (nSPS) is 23.6. The molecule has 1 saturated heterocycles. The average Bonchev–Trinajstić information content (AvgIpc) is 2.69. The maximum absolute atomic E-state index is 11.3. The molecule has 0 spiro atoms. The van der Waals surface area contributed by atoms with Gasteiger partial charge in [-0.2, -0.15) is 0 Å². The van der Waals surface area contributed by atoms with Crippen molar-refractivity contribution in [3.8, 4) is 0 Å². The largest absolute Gasteiger partial charge is 0.378 e. The second-order valence-electron chi connectivity index (χ2n) is 3.49. The third-order valence-corrected chi connectivity index (χ3v) is 2.37. The van der Waals surface area contributed by atoms with Gasteiger partial charge in [0, 0.05) is 13.2 Å². The molecule has 0 bridgehead atoms. The lowest BCUT2D eigenvalue weighted by molar-refractivity contribution is -0.00771. The third-order valence-electron chi connectivity index (χ3n) is 2.37. The number of nitrogens with one attached hydrogen (secondary N) is 1. The van der Waals surface area contributed by atoms with E-state index in [2.05, 4.69) is 5.32 Å². The van der Waals surface area contributed by atoms with Gasteiger partial charge in [0.1, 0.15) is 0 Å². The predicted molar refractivity (Wildman–Crippen MR) is 43.9 cm³/mol. The summed E-state index contributed by atoms with van der Waals surface area (Å²) in [6.45, 7) is 1.49. The minimum absolute atomic E-state index is 0.0748. The van der Waals surface area contributed by atoms with Gasteiger partial charge in [0.2, 0.25) is 0 Å². The van der Waals surface area contributed by atoms with Crippen LogP contribution in [0.25, 0.3) is 0 Å². The number of amides is 2. The van der Waals surface area contributed by atoms with Crippen LogP contribution in [-0.4, -0.2) is 43.3 Å². The Kier molecular flexibility index (Phi) is 1.92.